The van der Waals surface area contributed by atoms with Gasteiger partial charge in [0.25, 0.3) is 5.91 Å². The molecule has 0 aliphatic carbocycles. The van der Waals surface area contributed by atoms with Crippen LogP contribution in [0.3, 0.4) is 0 Å². The summed E-state index contributed by atoms with van der Waals surface area (Å²) in [6.45, 7) is 7.90. The summed E-state index contributed by atoms with van der Waals surface area (Å²) in [5, 5.41) is 0.712. The van der Waals surface area contributed by atoms with E-state index in [1.165, 1.54) is 18.6 Å². The van der Waals surface area contributed by atoms with Crippen molar-refractivity contribution < 1.29 is 9.59 Å². The number of nitrogens with zero attached hydrogens (tertiary/aromatic N) is 5. The van der Waals surface area contributed by atoms with E-state index < -0.39 is 0 Å². The number of amides is 2. The van der Waals surface area contributed by atoms with E-state index >= 15 is 0 Å². The van der Waals surface area contributed by atoms with E-state index in [4.69, 9.17) is 11.6 Å². The van der Waals surface area contributed by atoms with Crippen LogP contribution in [-0.4, -0.2) is 70.9 Å². The molecule has 1 saturated heterocycles. The Bertz CT molecular complexity index is 854. The molecule has 7 nitrogen and oxygen atoms in total. The Morgan fingerprint density at radius 1 is 1.17 bits per heavy atom. The minimum absolute atomic E-state index is 0.0708. The Morgan fingerprint density at radius 3 is 2.57 bits per heavy atom. The number of halogens is 1. The topological polar surface area (TPSA) is 69.6 Å². The zero-order valence-corrected chi connectivity index (χ0v) is 18.3. The number of carbonyl (C=O) groups is 2. The molecule has 2 aromatic rings. The highest BCUT2D eigenvalue weighted by atomic mass is 35.5. The minimum Gasteiger partial charge on any atom is -0.368 e. The minimum atomic E-state index is -0.185. The fourth-order valence-corrected chi connectivity index (χ4v) is 3.75. The van der Waals surface area contributed by atoms with E-state index in [9.17, 15) is 9.59 Å². The highest BCUT2D eigenvalue weighted by Crippen LogP contribution is 2.21. The van der Waals surface area contributed by atoms with Crippen LogP contribution in [0.1, 0.15) is 30.8 Å². The third kappa shape index (κ3) is 5.92. The highest BCUT2D eigenvalue weighted by molar-refractivity contribution is 6.30. The van der Waals surface area contributed by atoms with Crippen LogP contribution in [0, 0.1) is 5.92 Å². The number of hydrogen-bond acceptors (Lipinski definition) is 5. The lowest BCUT2D eigenvalue weighted by atomic mass is 10.2. The molecule has 0 N–H and O–H groups in total. The fraction of sp³-hybridized carbons (Fsp3) is 0.455. The molecule has 0 spiro atoms. The smallest absolute Gasteiger partial charge is 0.274 e. The molecule has 160 valence electrons. The number of carbonyl (C=O) groups excluding carboxylic acids is 2. The summed E-state index contributed by atoms with van der Waals surface area (Å²) in [6.07, 6.45) is 4.81. The largest absolute Gasteiger partial charge is 0.368 e. The van der Waals surface area contributed by atoms with E-state index in [0.717, 1.165) is 18.8 Å². The molecule has 0 bridgehead atoms. The second kappa shape index (κ2) is 10.4. The molecule has 1 aliphatic heterocycles. The van der Waals surface area contributed by atoms with E-state index in [0.29, 0.717) is 49.2 Å². The van der Waals surface area contributed by atoms with Gasteiger partial charge in [-0.05, 0) is 24.1 Å². The molecule has 1 aromatic heterocycles. The van der Waals surface area contributed by atoms with Gasteiger partial charge in [0.1, 0.15) is 5.69 Å². The predicted octanol–water partition coefficient (Wildman–Crippen LogP) is 2.97. The van der Waals surface area contributed by atoms with Crippen molar-refractivity contribution in [2.45, 2.75) is 20.3 Å². The van der Waals surface area contributed by atoms with Crippen LogP contribution in [-0.2, 0) is 4.79 Å². The van der Waals surface area contributed by atoms with Crippen molar-refractivity contribution in [3.8, 4) is 0 Å². The SMILES string of the molecule is CC(C)CN(CCC(=O)N1CCN(c2cccc(Cl)c2)CC1)C(=O)c1cnccn1. The van der Waals surface area contributed by atoms with Gasteiger partial charge in [0.2, 0.25) is 5.91 Å². The van der Waals surface area contributed by atoms with Crippen molar-refractivity contribution >= 4 is 29.1 Å². The van der Waals surface area contributed by atoms with Gasteiger partial charge in [-0.3, -0.25) is 14.6 Å². The van der Waals surface area contributed by atoms with Gasteiger partial charge in [0.05, 0.1) is 6.20 Å². The van der Waals surface area contributed by atoms with Crippen molar-refractivity contribution in [1.82, 2.24) is 19.8 Å². The second-order valence-corrected chi connectivity index (χ2v) is 8.27. The number of benzene rings is 1. The number of anilines is 1. The van der Waals surface area contributed by atoms with Crippen LogP contribution in [0.5, 0.6) is 0 Å². The van der Waals surface area contributed by atoms with Crippen LogP contribution < -0.4 is 4.90 Å². The van der Waals surface area contributed by atoms with Crippen molar-refractivity contribution in [3.63, 3.8) is 0 Å². The van der Waals surface area contributed by atoms with Crippen molar-refractivity contribution in [2.75, 3.05) is 44.2 Å². The summed E-state index contributed by atoms with van der Waals surface area (Å²) in [4.78, 5) is 39.4. The molecule has 0 radical (unpaired) electrons. The molecule has 3 rings (SSSR count). The third-order valence-corrected chi connectivity index (χ3v) is 5.29. The van der Waals surface area contributed by atoms with Crippen LogP contribution in [0.4, 0.5) is 5.69 Å². The van der Waals surface area contributed by atoms with Gasteiger partial charge in [-0.2, -0.15) is 0 Å². The normalized spacial score (nSPS) is 14.1. The Labute approximate surface area is 182 Å². The van der Waals surface area contributed by atoms with E-state index in [2.05, 4.69) is 14.9 Å². The summed E-state index contributed by atoms with van der Waals surface area (Å²) < 4.78 is 0. The molecule has 2 heterocycles. The summed E-state index contributed by atoms with van der Waals surface area (Å²) in [5.41, 5.74) is 1.38. The van der Waals surface area contributed by atoms with Gasteiger partial charge in [0.15, 0.2) is 0 Å². The number of aromatic nitrogens is 2. The summed E-state index contributed by atoms with van der Waals surface area (Å²) in [6, 6.07) is 7.77. The zero-order chi connectivity index (χ0) is 21.5. The van der Waals surface area contributed by atoms with Gasteiger partial charge in [-0.15, -0.1) is 0 Å². The summed E-state index contributed by atoms with van der Waals surface area (Å²) >= 11 is 6.09. The Morgan fingerprint density at radius 2 is 1.93 bits per heavy atom. The summed E-state index contributed by atoms with van der Waals surface area (Å²) in [5.74, 6) is 0.179. The molecule has 1 aliphatic rings. The molecular formula is C22H28ClN5O2. The van der Waals surface area contributed by atoms with Crippen molar-refractivity contribution in [3.05, 3.63) is 53.6 Å². The predicted molar refractivity (Wildman–Crippen MR) is 118 cm³/mol. The molecule has 0 saturated carbocycles. The first-order valence-electron chi connectivity index (χ1n) is 10.3. The average molecular weight is 430 g/mol. The fourth-order valence-electron chi connectivity index (χ4n) is 3.56. The first-order valence-corrected chi connectivity index (χ1v) is 10.7. The monoisotopic (exact) mass is 429 g/mol. The molecule has 0 atom stereocenters. The van der Waals surface area contributed by atoms with Crippen LogP contribution in [0.2, 0.25) is 5.02 Å². The lowest BCUT2D eigenvalue weighted by Gasteiger charge is -2.36. The Balaban J connectivity index is 1.53. The van der Waals surface area contributed by atoms with E-state index in [-0.39, 0.29) is 11.8 Å². The van der Waals surface area contributed by atoms with Crippen LogP contribution in [0.25, 0.3) is 0 Å². The Hall–Kier alpha value is -2.67. The number of hydrogen-bond donors (Lipinski definition) is 0. The van der Waals surface area contributed by atoms with E-state index in [1.54, 1.807) is 4.90 Å². The lowest BCUT2D eigenvalue weighted by Crippen LogP contribution is -2.49. The first kappa shape index (κ1) is 22.0. The first-order chi connectivity index (χ1) is 14.4. The van der Waals surface area contributed by atoms with Crippen molar-refractivity contribution in [1.29, 1.82) is 0 Å². The molecule has 0 unspecified atom stereocenters. The summed E-state index contributed by atoms with van der Waals surface area (Å²) in [7, 11) is 0. The van der Waals surface area contributed by atoms with E-state index in [1.807, 2.05) is 43.0 Å². The molecule has 2 amide bonds. The quantitative estimate of drug-likeness (QED) is 0.676. The lowest BCUT2D eigenvalue weighted by molar-refractivity contribution is -0.131. The van der Waals surface area contributed by atoms with Crippen LogP contribution >= 0.6 is 11.6 Å². The number of rotatable bonds is 7. The maximum atomic E-state index is 12.8. The number of piperazine rings is 1. The maximum absolute atomic E-state index is 12.8. The molecule has 1 aromatic carbocycles. The average Bonchev–Trinajstić information content (AvgIpc) is 2.76. The third-order valence-electron chi connectivity index (χ3n) is 5.06. The highest BCUT2D eigenvalue weighted by Gasteiger charge is 2.24. The molecule has 1 fully saturated rings. The van der Waals surface area contributed by atoms with Gasteiger partial charge in [-0.25, -0.2) is 4.98 Å². The molecule has 30 heavy (non-hydrogen) atoms. The van der Waals surface area contributed by atoms with Gasteiger partial charge >= 0.3 is 0 Å². The zero-order valence-electron chi connectivity index (χ0n) is 17.5. The van der Waals surface area contributed by atoms with Crippen LogP contribution in [0.15, 0.2) is 42.9 Å². The van der Waals surface area contributed by atoms with Gasteiger partial charge in [0, 0.05) is 68.8 Å². The maximum Gasteiger partial charge on any atom is 0.274 e. The Kier molecular flexibility index (Phi) is 7.63. The standard InChI is InChI=1S/C22H28ClN5O2/c1-17(2)16-28(22(30)20-15-24-7-8-25-20)9-6-21(29)27-12-10-26(11-13-27)19-5-3-4-18(23)14-19/h3-5,7-8,14-15,17H,6,9-13,16H2,1-2H3. The van der Waals surface area contributed by atoms with Gasteiger partial charge in [-0.1, -0.05) is 31.5 Å². The second-order valence-electron chi connectivity index (χ2n) is 7.83. The molecule has 8 heteroatoms. The van der Waals surface area contributed by atoms with Gasteiger partial charge < -0.3 is 14.7 Å². The van der Waals surface area contributed by atoms with Crippen molar-refractivity contribution in [2.24, 2.45) is 5.92 Å². The molecular weight excluding hydrogens is 402 g/mol.